The van der Waals surface area contributed by atoms with E-state index in [1.54, 1.807) is 0 Å². The summed E-state index contributed by atoms with van der Waals surface area (Å²) in [6.45, 7) is 7.53. The third-order valence-corrected chi connectivity index (χ3v) is 5.17. The maximum absolute atomic E-state index is 5.68. The van der Waals surface area contributed by atoms with Crippen molar-refractivity contribution in [3.05, 3.63) is 11.6 Å². The molecule has 3 rings (SSSR count). The van der Waals surface area contributed by atoms with Gasteiger partial charge in [-0.05, 0) is 51.4 Å². The number of guanidine groups is 1. The molecule has 2 N–H and O–H groups in total. The van der Waals surface area contributed by atoms with Gasteiger partial charge in [-0.25, -0.2) is 0 Å². The SMILES string of the molecule is CCNC(=NCCCc1nnc2n1CCCCC2)NCCCOCC1CC1. The molecular formula is C20H36N6O. The Kier molecular flexibility index (Phi) is 8.39. The number of nitrogens with one attached hydrogen (secondary N) is 2. The largest absolute Gasteiger partial charge is 0.381 e. The van der Waals surface area contributed by atoms with Gasteiger partial charge in [0.1, 0.15) is 11.6 Å². The predicted octanol–water partition coefficient (Wildman–Crippen LogP) is 2.31. The second kappa shape index (κ2) is 11.3. The van der Waals surface area contributed by atoms with Crippen LogP contribution in [0.2, 0.25) is 0 Å². The van der Waals surface area contributed by atoms with Crippen molar-refractivity contribution in [3.8, 4) is 0 Å². The highest BCUT2D eigenvalue weighted by Crippen LogP contribution is 2.28. The van der Waals surface area contributed by atoms with Crippen LogP contribution < -0.4 is 10.6 Å². The Morgan fingerprint density at radius 3 is 2.96 bits per heavy atom. The van der Waals surface area contributed by atoms with Crippen molar-refractivity contribution < 1.29 is 4.74 Å². The maximum atomic E-state index is 5.68. The minimum atomic E-state index is 0.801. The van der Waals surface area contributed by atoms with E-state index in [1.165, 1.54) is 37.9 Å². The van der Waals surface area contributed by atoms with Crippen LogP contribution in [0.3, 0.4) is 0 Å². The number of nitrogens with zero attached hydrogens (tertiary/aromatic N) is 4. The van der Waals surface area contributed by atoms with Gasteiger partial charge in [-0.2, -0.15) is 0 Å². The zero-order valence-electron chi connectivity index (χ0n) is 16.9. The van der Waals surface area contributed by atoms with Crippen LogP contribution in [0.15, 0.2) is 4.99 Å². The molecule has 0 bridgehead atoms. The average molecular weight is 377 g/mol. The van der Waals surface area contributed by atoms with E-state index in [9.17, 15) is 0 Å². The number of ether oxygens (including phenoxy) is 1. The van der Waals surface area contributed by atoms with Crippen LogP contribution in [-0.2, 0) is 24.1 Å². The molecule has 0 aromatic carbocycles. The fourth-order valence-electron chi connectivity index (χ4n) is 3.42. The minimum absolute atomic E-state index is 0.801. The lowest BCUT2D eigenvalue weighted by Crippen LogP contribution is -2.38. The quantitative estimate of drug-likeness (QED) is 0.352. The molecule has 2 heterocycles. The van der Waals surface area contributed by atoms with E-state index in [0.717, 1.165) is 82.8 Å². The molecule has 1 aromatic heterocycles. The Balaban J connectivity index is 1.33. The summed E-state index contributed by atoms with van der Waals surface area (Å²) in [5.41, 5.74) is 0. The first-order valence-corrected chi connectivity index (χ1v) is 10.9. The summed E-state index contributed by atoms with van der Waals surface area (Å²) in [6.07, 6.45) is 10.5. The van der Waals surface area contributed by atoms with Crippen LogP contribution in [-0.4, -0.2) is 53.6 Å². The zero-order chi connectivity index (χ0) is 18.7. The number of rotatable bonds is 11. The lowest BCUT2D eigenvalue weighted by Gasteiger charge is -2.11. The Morgan fingerprint density at radius 1 is 1.19 bits per heavy atom. The molecule has 0 atom stereocenters. The van der Waals surface area contributed by atoms with Gasteiger partial charge >= 0.3 is 0 Å². The van der Waals surface area contributed by atoms with Gasteiger partial charge in [0.25, 0.3) is 0 Å². The molecule has 2 aliphatic rings. The summed E-state index contributed by atoms with van der Waals surface area (Å²) in [5.74, 6) is 4.05. The molecule has 7 nitrogen and oxygen atoms in total. The van der Waals surface area contributed by atoms with Crippen LogP contribution >= 0.6 is 0 Å². The normalized spacial score (nSPS) is 17.4. The Bertz CT molecular complexity index is 581. The number of hydrogen-bond acceptors (Lipinski definition) is 4. The molecule has 0 unspecified atom stereocenters. The van der Waals surface area contributed by atoms with E-state index in [2.05, 4.69) is 32.3 Å². The number of hydrogen-bond donors (Lipinski definition) is 2. The molecule has 1 saturated carbocycles. The molecule has 0 amide bonds. The van der Waals surface area contributed by atoms with Gasteiger partial charge in [0, 0.05) is 52.2 Å². The second-order valence-electron chi connectivity index (χ2n) is 7.66. The fraction of sp³-hybridized carbons (Fsp3) is 0.850. The first-order chi connectivity index (χ1) is 13.4. The summed E-state index contributed by atoms with van der Waals surface area (Å²) in [6, 6.07) is 0. The lowest BCUT2D eigenvalue weighted by atomic mass is 10.2. The average Bonchev–Trinajstić information content (AvgIpc) is 3.46. The third-order valence-electron chi connectivity index (χ3n) is 5.17. The van der Waals surface area contributed by atoms with E-state index < -0.39 is 0 Å². The molecule has 7 heteroatoms. The molecule has 1 aromatic rings. The van der Waals surface area contributed by atoms with Crippen molar-refractivity contribution in [1.29, 1.82) is 0 Å². The van der Waals surface area contributed by atoms with E-state index in [-0.39, 0.29) is 0 Å². The van der Waals surface area contributed by atoms with Crippen LogP contribution in [0.4, 0.5) is 0 Å². The molecule has 0 radical (unpaired) electrons. The Hall–Kier alpha value is -1.63. The number of fused-ring (bicyclic) bond motifs is 1. The van der Waals surface area contributed by atoms with E-state index in [4.69, 9.17) is 9.73 Å². The topological polar surface area (TPSA) is 76.4 Å². The molecular weight excluding hydrogens is 340 g/mol. The van der Waals surface area contributed by atoms with Crippen LogP contribution in [0.5, 0.6) is 0 Å². The maximum Gasteiger partial charge on any atom is 0.191 e. The second-order valence-corrected chi connectivity index (χ2v) is 7.66. The van der Waals surface area contributed by atoms with Crippen molar-refractivity contribution >= 4 is 5.96 Å². The molecule has 1 aliphatic carbocycles. The van der Waals surface area contributed by atoms with Crippen molar-refractivity contribution in [2.75, 3.05) is 32.8 Å². The molecule has 1 fully saturated rings. The van der Waals surface area contributed by atoms with Crippen molar-refractivity contribution in [2.45, 2.75) is 71.3 Å². The molecule has 152 valence electrons. The highest BCUT2D eigenvalue weighted by Gasteiger charge is 2.20. The summed E-state index contributed by atoms with van der Waals surface area (Å²) in [4.78, 5) is 4.70. The first-order valence-electron chi connectivity index (χ1n) is 10.9. The first kappa shape index (κ1) is 20.1. The van der Waals surface area contributed by atoms with Gasteiger partial charge in [-0.15, -0.1) is 10.2 Å². The van der Waals surface area contributed by atoms with Crippen LogP contribution in [0.1, 0.15) is 63.5 Å². The summed E-state index contributed by atoms with van der Waals surface area (Å²) in [5, 5.41) is 15.5. The smallest absolute Gasteiger partial charge is 0.191 e. The summed E-state index contributed by atoms with van der Waals surface area (Å²) in [7, 11) is 0. The van der Waals surface area contributed by atoms with Gasteiger partial charge in [0.15, 0.2) is 5.96 Å². The zero-order valence-corrected chi connectivity index (χ0v) is 16.9. The van der Waals surface area contributed by atoms with Gasteiger partial charge in [-0.1, -0.05) is 6.42 Å². The molecule has 0 saturated heterocycles. The highest BCUT2D eigenvalue weighted by atomic mass is 16.5. The minimum Gasteiger partial charge on any atom is -0.381 e. The van der Waals surface area contributed by atoms with Gasteiger partial charge < -0.3 is 19.9 Å². The van der Waals surface area contributed by atoms with Crippen molar-refractivity contribution in [2.24, 2.45) is 10.9 Å². The molecule has 1 aliphatic heterocycles. The summed E-state index contributed by atoms with van der Waals surface area (Å²) < 4.78 is 8.01. The van der Waals surface area contributed by atoms with Crippen molar-refractivity contribution in [1.82, 2.24) is 25.4 Å². The predicted molar refractivity (Wildman–Crippen MR) is 108 cm³/mol. The lowest BCUT2D eigenvalue weighted by molar-refractivity contribution is 0.123. The Labute approximate surface area is 163 Å². The van der Waals surface area contributed by atoms with Crippen LogP contribution in [0, 0.1) is 5.92 Å². The third kappa shape index (κ3) is 7.13. The number of aryl methyl sites for hydroxylation is 2. The van der Waals surface area contributed by atoms with Gasteiger partial charge in [-0.3, -0.25) is 4.99 Å². The summed E-state index contributed by atoms with van der Waals surface area (Å²) >= 11 is 0. The van der Waals surface area contributed by atoms with Crippen LogP contribution in [0.25, 0.3) is 0 Å². The van der Waals surface area contributed by atoms with E-state index in [1.807, 2.05) is 0 Å². The Morgan fingerprint density at radius 2 is 2.11 bits per heavy atom. The monoisotopic (exact) mass is 376 g/mol. The van der Waals surface area contributed by atoms with Gasteiger partial charge in [0.2, 0.25) is 0 Å². The number of aromatic nitrogens is 3. The van der Waals surface area contributed by atoms with Gasteiger partial charge in [0.05, 0.1) is 0 Å². The fourth-order valence-corrected chi connectivity index (χ4v) is 3.42. The molecule has 27 heavy (non-hydrogen) atoms. The molecule has 0 spiro atoms. The number of aliphatic imine (C=N–C) groups is 1. The highest BCUT2D eigenvalue weighted by molar-refractivity contribution is 5.79. The van der Waals surface area contributed by atoms with E-state index >= 15 is 0 Å². The van der Waals surface area contributed by atoms with E-state index in [0.29, 0.717) is 0 Å². The van der Waals surface area contributed by atoms with Crippen molar-refractivity contribution in [3.63, 3.8) is 0 Å². The standard InChI is InChI=1S/C20H36N6O/c1-2-21-20(23-13-7-15-27-16-17-10-11-17)22-12-6-9-19-25-24-18-8-4-3-5-14-26(18)19/h17H,2-16H2,1H3,(H2,21,22,23).